The van der Waals surface area contributed by atoms with Gasteiger partial charge in [0.25, 0.3) is 5.56 Å². The number of fused-ring (bicyclic) bond motifs is 1. The zero-order chi connectivity index (χ0) is 30.7. The number of nitrogens with zero attached hydrogens (tertiary/aromatic N) is 6. The van der Waals surface area contributed by atoms with E-state index in [9.17, 15) is 14.4 Å². The number of ketones is 1. The van der Waals surface area contributed by atoms with Crippen molar-refractivity contribution in [3.63, 3.8) is 0 Å². The average molecular weight is 590 g/mol. The van der Waals surface area contributed by atoms with Crippen LogP contribution in [-0.4, -0.2) is 74.5 Å². The Morgan fingerprint density at radius 3 is 2.33 bits per heavy atom. The highest BCUT2D eigenvalue weighted by Crippen LogP contribution is 2.33. The zero-order valence-electron chi connectivity index (χ0n) is 26.0. The number of Topliss-reactive ketones (excluding diaryl/α,β-unsaturated/α-hetero) is 1. The number of esters is 1. The molecule has 1 aliphatic carbocycles. The second-order valence-electron chi connectivity index (χ2n) is 12.7. The van der Waals surface area contributed by atoms with Gasteiger partial charge in [-0.2, -0.15) is 0 Å². The summed E-state index contributed by atoms with van der Waals surface area (Å²) in [5.74, 6) is 1.58. The lowest BCUT2D eigenvalue weighted by atomic mass is 10.0. The number of hydrogen-bond acceptors (Lipinski definition) is 10. The first-order chi connectivity index (χ1) is 20.5. The van der Waals surface area contributed by atoms with Gasteiger partial charge in [-0.15, -0.1) is 0 Å². The molecule has 0 spiro atoms. The molecule has 5 rings (SSSR count). The molecule has 4 heterocycles. The molecule has 1 saturated carbocycles. The molecule has 0 radical (unpaired) electrons. The van der Waals surface area contributed by atoms with Gasteiger partial charge < -0.3 is 19.5 Å². The standard InChI is InChI=1S/C32H43N7O4/c1-21-24-18-33-26(17-25(24)39(23-9-6-7-10-23)31(42)30(21)22(2)40)36-27-19-35-28(20-34-27)38-15-13-37(14-16-38)12-8-11-29(41)43-32(3,4)5/h17-20,23H,6-16H2,1-5H3,(H,33,34,36). The van der Waals surface area contributed by atoms with Crippen LogP contribution in [0.15, 0.2) is 29.5 Å². The predicted octanol–water partition coefficient (Wildman–Crippen LogP) is 4.80. The fourth-order valence-electron chi connectivity index (χ4n) is 6.19. The van der Waals surface area contributed by atoms with E-state index in [1.807, 2.05) is 38.3 Å². The van der Waals surface area contributed by atoms with Crippen molar-refractivity contribution in [2.24, 2.45) is 0 Å². The molecule has 2 aliphatic rings. The van der Waals surface area contributed by atoms with Crippen molar-refractivity contribution < 1.29 is 14.3 Å². The lowest BCUT2D eigenvalue weighted by Crippen LogP contribution is -2.47. The molecule has 3 aromatic heterocycles. The second-order valence-corrected chi connectivity index (χ2v) is 12.7. The summed E-state index contributed by atoms with van der Waals surface area (Å²) in [5.41, 5.74) is 1.05. The quantitative estimate of drug-likeness (QED) is 0.275. The number of hydrogen-bond donors (Lipinski definition) is 1. The van der Waals surface area contributed by atoms with Crippen molar-refractivity contribution in [2.75, 3.05) is 42.9 Å². The van der Waals surface area contributed by atoms with Gasteiger partial charge in [0, 0.05) is 56.3 Å². The third kappa shape index (κ3) is 7.21. The topological polar surface area (TPSA) is 123 Å². The Morgan fingerprint density at radius 2 is 1.70 bits per heavy atom. The Bertz CT molecular complexity index is 1530. The van der Waals surface area contributed by atoms with E-state index in [-0.39, 0.29) is 28.9 Å². The highest BCUT2D eigenvalue weighted by atomic mass is 16.6. The van der Waals surface area contributed by atoms with Crippen molar-refractivity contribution in [3.8, 4) is 0 Å². The molecule has 11 heteroatoms. The van der Waals surface area contributed by atoms with Crippen molar-refractivity contribution in [1.82, 2.24) is 24.4 Å². The van der Waals surface area contributed by atoms with E-state index < -0.39 is 5.60 Å². The van der Waals surface area contributed by atoms with Crippen molar-refractivity contribution in [2.45, 2.75) is 84.8 Å². The number of carbonyl (C=O) groups is 2. The van der Waals surface area contributed by atoms with Crippen molar-refractivity contribution in [1.29, 1.82) is 0 Å². The molecule has 0 aromatic carbocycles. The van der Waals surface area contributed by atoms with Gasteiger partial charge in [0.2, 0.25) is 0 Å². The van der Waals surface area contributed by atoms with Crippen LogP contribution >= 0.6 is 0 Å². The van der Waals surface area contributed by atoms with Gasteiger partial charge in [-0.05, 0) is 66.0 Å². The van der Waals surface area contributed by atoms with Crippen molar-refractivity contribution in [3.05, 3.63) is 46.1 Å². The number of piperazine rings is 1. The van der Waals surface area contributed by atoms with Crippen LogP contribution in [-0.2, 0) is 9.53 Å². The van der Waals surface area contributed by atoms with E-state index in [4.69, 9.17) is 4.74 Å². The minimum absolute atomic E-state index is 0.0773. The van der Waals surface area contributed by atoms with Crippen LogP contribution in [0.25, 0.3) is 10.9 Å². The maximum atomic E-state index is 13.5. The minimum atomic E-state index is -0.444. The predicted molar refractivity (Wildman–Crippen MR) is 167 cm³/mol. The Hall–Kier alpha value is -3.86. The van der Waals surface area contributed by atoms with Gasteiger partial charge in [-0.25, -0.2) is 15.0 Å². The fourth-order valence-corrected chi connectivity index (χ4v) is 6.19. The van der Waals surface area contributed by atoms with E-state index in [1.54, 1.807) is 18.6 Å². The molecule has 1 N–H and O–H groups in total. The molecule has 0 amide bonds. The maximum Gasteiger partial charge on any atom is 0.306 e. The van der Waals surface area contributed by atoms with Gasteiger partial charge in [0.1, 0.15) is 23.1 Å². The lowest BCUT2D eigenvalue weighted by Gasteiger charge is -2.35. The van der Waals surface area contributed by atoms with E-state index >= 15 is 0 Å². The number of anilines is 3. The molecule has 1 saturated heterocycles. The smallest absolute Gasteiger partial charge is 0.306 e. The molecule has 0 atom stereocenters. The summed E-state index contributed by atoms with van der Waals surface area (Å²) in [5, 5.41) is 4.05. The third-order valence-electron chi connectivity index (χ3n) is 8.26. The Morgan fingerprint density at radius 1 is 1.00 bits per heavy atom. The normalized spacial score (nSPS) is 16.5. The molecule has 1 aliphatic heterocycles. The van der Waals surface area contributed by atoms with Gasteiger partial charge in [-0.1, -0.05) is 12.8 Å². The Kier molecular flexibility index (Phi) is 9.10. The monoisotopic (exact) mass is 589 g/mol. The van der Waals surface area contributed by atoms with E-state index in [2.05, 4.69) is 30.1 Å². The van der Waals surface area contributed by atoms with Crippen molar-refractivity contribution >= 4 is 40.1 Å². The minimum Gasteiger partial charge on any atom is -0.460 e. The van der Waals surface area contributed by atoms with Crippen LogP contribution in [0.3, 0.4) is 0 Å². The summed E-state index contributed by atoms with van der Waals surface area (Å²) in [6.07, 6.45) is 10.4. The number of aromatic nitrogens is 4. The molecular weight excluding hydrogens is 546 g/mol. The summed E-state index contributed by atoms with van der Waals surface area (Å²) in [4.78, 5) is 56.2. The van der Waals surface area contributed by atoms with Crippen LogP contribution in [0.1, 0.15) is 88.2 Å². The average Bonchev–Trinajstić information content (AvgIpc) is 3.47. The number of ether oxygens (including phenoxy) is 1. The summed E-state index contributed by atoms with van der Waals surface area (Å²) in [6, 6.07) is 1.96. The molecule has 2 fully saturated rings. The lowest BCUT2D eigenvalue weighted by molar-refractivity contribution is -0.155. The SMILES string of the molecule is CC(=O)c1c(C)c2cnc(Nc3cnc(N4CCN(CCCC(=O)OC(C)(C)C)CC4)cn3)cc2n(C2CCCC2)c1=O. The number of nitrogens with one attached hydrogen (secondary N) is 1. The van der Waals surface area contributed by atoms with Crippen LogP contribution in [0.2, 0.25) is 0 Å². The molecule has 230 valence electrons. The maximum absolute atomic E-state index is 13.5. The van der Waals surface area contributed by atoms with Crippen LogP contribution < -0.4 is 15.8 Å². The first kappa shape index (κ1) is 30.6. The molecular formula is C32H43N7O4. The van der Waals surface area contributed by atoms with Crippen LogP contribution in [0, 0.1) is 6.92 Å². The molecule has 0 bridgehead atoms. The molecule has 3 aromatic rings. The van der Waals surface area contributed by atoms with Gasteiger partial charge >= 0.3 is 5.97 Å². The third-order valence-corrected chi connectivity index (χ3v) is 8.26. The highest BCUT2D eigenvalue weighted by molar-refractivity contribution is 6.00. The van der Waals surface area contributed by atoms with E-state index in [1.165, 1.54) is 6.92 Å². The number of pyridine rings is 2. The van der Waals surface area contributed by atoms with Gasteiger partial charge in [-0.3, -0.25) is 19.3 Å². The second kappa shape index (κ2) is 12.8. The highest BCUT2D eigenvalue weighted by Gasteiger charge is 2.25. The molecule has 0 unspecified atom stereocenters. The first-order valence-corrected chi connectivity index (χ1v) is 15.3. The van der Waals surface area contributed by atoms with Crippen LogP contribution in [0.4, 0.5) is 17.5 Å². The molecule has 43 heavy (non-hydrogen) atoms. The Balaban J connectivity index is 1.22. The molecule has 11 nitrogen and oxygen atoms in total. The first-order valence-electron chi connectivity index (χ1n) is 15.3. The summed E-state index contributed by atoms with van der Waals surface area (Å²) < 4.78 is 7.21. The van der Waals surface area contributed by atoms with E-state index in [0.717, 1.165) is 81.5 Å². The summed E-state index contributed by atoms with van der Waals surface area (Å²) in [7, 11) is 0. The van der Waals surface area contributed by atoms with Crippen LogP contribution in [0.5, 0.6) is 0 Å². The fraction of sp³-hybridized carbons (Fsp3) is 0.562. The number of carbonyl (C=O) groups excluding carboxylic acids is 2. The number of aryl methyl sites for hydroxylation is 1. The van der Waals surface area contributed by atoms with Gasteiger partial charge in [0.15, 0.2) is 5.78 Å². The zero-order valence-corrected chi connectivity index (χ0v) is 26.0. The Labute approximate surface area is 252 Å². The van der Waals surface area contributed by atoms with Gasteiger partial charge in [0.05, 0.1) is 23.5 Å². The number of rotatable bonds is 9. The summed E-state index contributed by atoms with van der Waals surface area (Å²) in [6.45, 7) is 13.3. The van der Waals surface area contributed by atoms with E-state index in [0.29, 0.717) is 23.6 Å². The summed E-state index contributed by atoms with van der Waals surface area (Å²) >= 11 is 0. The largest absolute Gasteiger partial charge is 0.460 e.